The molecule has 0 fully saturated rings. The molecule has 0 spiro atoms. The molecule has 1 heterocycles. The molecule has 96 valence electrons. The van der Waals surface area contributed by atoms with E-state index in [2.05, 4.69) is 14.9 Å². The van der Waals surface area contributed by atoms with Crippen molar-refractivity contribution < 1.29 is 8.42 Å². The first-order valence-electron chi connectivity index (χ1n) is 5.37. The van der Waals surface area contributed by atoms with Crippen LogP contribution in [0.4, 0.5) is 5.69 Å². The van der Waals surface area contributed by atoms with Crippen molar-refractivity contribution in [3.05, 3.63) is 42.1 Å². The lowest BCUT2D eigenvalue weighted by Gasteiger charge is -2.13. The zero-order valence-corrected chi connectivity index (χ0v) is 10.6. The zero-order chi connectivity index (χ0) is 13.2. The number of nitrogens with one attached hydrogen (secondary N) is 2. The van der Waals surface area contributed by atoms with Crippen LogP contribution in [0.25, 0.3) is 0 Å². The van der Waals surface area contributed by atoms with Gasteiger partial charge in [-0.2, -0.15) is 13.5 Å². The third-order valence-corrected chi connectivity index (χ3v) is 3.76. The number of hydrogen-bond acceptors (Lipinski definition) is 4. The average Bonchev–Trinajstić information content (AvgIpc) is 2.83. The van der Waals surface area contributed by atoms with Crippen LogP contribution in [-0.4, -0.2) is 18.6 Å². The monoisotopic (exact) mass is 266 g/mol. The molecule has 6 nitrogen and oxygen atoms in total. The van der Waals surface area contributed by atoms with Gasteiger partial charge in [0.2, 0.25) is 0 Å². The summed E-state index contributed by atoms with van der Waals surface area (Å²) >= 11 is 0. The molecule has 0 amide bonds. The van der Waals surface area contributed by atoms with Crippen molar-refractivity contribution in [2.45, 2.75) is 18.0 Å². The number of sulfonamides is 1. The number of hydrogen-bond donors (Lipinski definition) is 3. The molecule has 0 aliphatic carbocycles. The second-order valence-electron chi connectivity index (χ2n) is 3.90. The largest absolute Gasteiger partial charge is 0.324 e. The van der Waals surface area contributed by atoms with Gasteiger partial charge in [0.1, 0.15) is 0 Å². The smallest absolute Gasteiger partial charge is 0.278 e. The van der Waals surface area contributed by atoms with Crippen LogP contribution < -0.4 is 10.5 Å². The number of anilines is 1. The van der Waals surface area contributed by atoms with Crippen LogP contribution in [0.3, 0.4) is 0 Å². The molecule has 0 aliphatic rings. The molecule has 1 aromatic carbocycles. The zero-order valence-electron chi connectivity index (χ0n) is 9.79. The summed E-state index contributed by atoms with van der Waals surface area (Å²) in [7, 11) is -3.65. The Labute approximate surface area is 105 Å². The highest BCUT2D eigenvalue weighted by molar-refractivity contribution is 7.92. The standard InChI is InChI=1S/C11H14N4O2S/c1-8(12)9-4-2-3-5-10(9)15-18(16,17)11-6-7-13-14-11/h2-8,15H,12H2,1H3,(H,13,14). The van der Waals surface area contributed by atoms with Crippen LogP contribution in [0.15, 0.2) is 41.6 Å². The van der Waals surface area contributed by atoms with Crippen molar-refractivity contribution in [1.82, 2.24) is 10.2 Å². The molecular formula is C11H14N4O2S. The van der Waals surface area contributed by atoms with Crippen LogP contribution in [0, 0.1) is 0 Å². The predicted octanol–water partition coefficient (Wildman–Crippen LogP) is 1.23. The van der Waals surface area contributed by atoms with E-state index in [9.17, 15) is 8.42 Å². The van der Waals surface area contributed by atoms with Gasteiger partial charge >= 0.3 is 0 Å². The summed E-state index contributed by atoms with van der Waals surface area (Å²) in [6, 6.07) is 8.15. The van der Waals surface area contributed by atoms with E-state index in [1.165, 1.54) is 12.3 Å². The van der Waals surface area contributed by atoms with Gasteiger partial charge in [-0.15, -0.1) is 0 Å². The summed E-state index contributed by atoms with van der Waals surface area (Å²) in [6.07, 6.45) is 1.38. The molecule has 4 N–H and O–H groups in total. The van der Waals surface area contributed by atoms with E-state index >= 15 is 0 Å². The van der Waals surface area contributed by atoms with Gasteiger partial charge in [0.05, 0.1) is 11.9 Å². The number of aromatic amines is 1. The summed E-state index contributed by atoms with van der Waals surface area (Å²) in [6.45, 7) is 1.79. The number of rotatable bonds is 4. The molecule has 0 radical (unpaired) electrons. The van der Waals surface area contributed by atoms with Crippen LogP contribution in [-0.2, 0) is 10.0 Å². The van der Waals surface area contributed by atoms with Crippen LogP contribution in [0.1, 0.15) is 18.5 Å². The van der Waals surface area contributed by atoms with E-state index in [1.54, 1.807) is 25.1 Å². The van der Waals surface area contributed by atoms with Crippen molar-refractivity contribution in [1.29, 1.82) is 0 Å². The fourth-order valence-corrected chi connectivity index (χ4v) is 2.58. The molecule has 0 saturated carbocycles. The van der Waals surface area contributed by atoms with Gasteiger partial charge in [0.15, 0.2) is 5.03 Å². The minimum Gasteiger partial charge on any atom is -0.324 e. The Morgan fingerprint density at radius 3 is 2.67 bits per heavy atom. The van der Waals surface area contributed by atoms with Gasteiger partial charge in [-0.25, -0.2) is 0 Å². The van der Waals surface area contributed by atoms with Crippen molar-refractivity contribution in [2.24, 2.45) is 5.73 Å². The van der Waals surface area contributed by atoms with Crippen molar-refractivity contribution in [2.75, 3.05) is 4.72 Å². The third kappa shape index (κ3) is 2.52. The Balaban J connectivity index is 2.36. The average molecular weight is 266 g/mol. The molecule has 18 heavy (non-hydrogen) atoms. The van der Waals surface area contributed by atoms with E-state index in [0.29, 0.717) is 5.69 Å². The quantitative estimate of drug-likeness (QED) is 0.774. The number of nitrogens with two attached hydrogens (primary N) is 1. The van der Waals surface area contributed by atoms with E-state index < -0.39 is 10.0 Å². The lowest BCUT2D eigenvalue weighted by atomic mass is 10.1. The number of para-hydroxylation sites is 1. The molecule has 1 unspecified atom stereocenters. The minimum absolute atomic E-state index is 0.0157. The summed E-state index contributed by atoms with van der Waals surface area (Å²) in [4.78, 5) is 0. The topological polar surface area (TPSA) is 101 Å². The van der Waals surface area contributed by atoms with E-state index in [4.69, 9.17) is 5.73 Å². The van der Waals surface area contributed by atoms with Crippen LogP contribution in [0.5, 0.6) is 0 Å². The molecule has 2 aromatic rings. The van der Waals surface area contributed by atoms with Crippen molar-refractivity contribution >= 4 is 15.7 Å². The second-order valence-corrected chi connectivity index (χ2v) is 5.55. The van der Waals surface area contributed by atoms with Gasteiger partial charge in [-0.1, -0.05) is 18.2 Å². The van der Waals surface area contributed by atoms with E-state index in [1.807, 2.05) is 6.07 Å². The van der Waals surface area contributed by atoms with Gasteiger partial charge < -0.3 is 5.73 Å². The lowest BCUT2D eigenvalue weighted by molar-refractivity contribution is 0.597. The summed E-state index contributed by atoms with van der Waals surface area (Å²) < 4.78 is 26.5. The van der Waals surface area contributed by atoms with Gasteiger partial charge in [-0.3, -0.25) is 9.82 Å². The highest BCUT2D eigenvalue weighted by atomic mass is 32.2. The third-order valence-electron chi connectivity index (χ3n) is 2.46. The van der Waals surface area contributed by atoms with Crippen molar-refractivity contribution in [3.63, 3.8) is 0 Å². The fourth-order valence-electron chi connectivity index (χ4n) is 1.58. The normalized spacial score (nSPS) is 13.2. The highest BCUT2D eigenvalue weighted by Gasteiger charge is 2.17. The summed E-state index contributed by atoms with van der Waals surface area (Å²) in [5, 5.41) is 6.05. The van der Waals surface area contributed by atoms with Gasteiger partial charge in [-0.05, 0) is 24.6 Å². The maximum absolute atomic E-state index is 12.0. The molecular weight excluding hydrogens is 252 g/mol. The Hall–Kier alpha value is -1.86. The minimum atomic E-state index is -3.65. The van der Waals surface area contributed by atoms with Crippen LogP contribution >= 0.6 is 0 Å². The maximum atomic E-state index is 12.0. The van der Waals surface area contributed by atoms with Gasteiger partial charge in [0.25, 0.3) is 10.0 Å². The molecule has 0 saturated heterocycles. The summed E-state index contributed by atoms with van der Waals surface area (Å²) in [5.41, 5.74) is 7.01. The number of nitrogens with zero attached hydrogens (tertiary/aromatic N) is 1. The first kappa shape index (κ1) is 12.6. The van der Waals surface area contributed by atoms with E-state index in [-0.39, 0.29) is 11.1 Å². The van der Waals surface area contributed by atoms with Crippen molar-refractivity contribution in [3.8, 4) is 0 Å². The Morgan fingerprint density at radius 1 is 1.33 bits per heavy atom. The fraction of sp³-hybridized carbons (Fsp3) is 0.182. The molecule has 0 bridgehead atoms. The first-order valence-corrected chi connectivity index (χ1v) is 6.86. The van der Waals surface area contributed by atoms with Crippen LogP contribution in [0.2, 0.25) is 0 Å². The molecule has 0 aliphatic heterocycles. The first-order chi connectivity index (χ1) is 8.50. The van der Waals surface area contributed by atoms with Gasteiger partial charge in [0, 0.05) is 6.04 Å². The Morgan fingerprint density at radius 2 is 2.06 bits per heavy atom. The lowest BCUT2D eigenvalue weighted by Crippen LogP contribution is -2.16. The van der Waals surface area contributed by atoms with E-state index in [0.717, 1.165) is 5.56 Å². The Kier molecular flexibility index (Phi) is 3.35. The number of H-pyrrole nitrogens is 1. The molecule has 1 atom stereocenters. The SMILES string of the molecule is CC(N)c1ccccc1NS(=O)(=O)c1ccn[nH]1. The maximum Gasteiger partial charge on any atom is 0.278 e. The second kappa shape index (κ2) is 4.79. The molecule has 7 heteroatoms. The highest BCUT2D eigenvalue weighted by Crippen LogP contribution is 2.23. The predicted molar refractivity (Wildman–Crippen MR) is 68.4 cm³/mol. The molecule has 1 aromatic heterocycles. The molecule has 2 rings (SSSR count). The summed E-state index contributed by atoms with van der Waals surface area (Å²) in [5.74, 6) is 0. The number of aromatic nitrogens is 2. The Bertz CT molecular complexity index is 620. The number of benzene rings is 1.